The summed E-state index contributed by atoms with van der Waals surface area (Å²) in [4.78, 5) is 14.2. The fourth-order valence-electron chi connectivity index (χ4n) is 1.28. The second-order valence-electron chi connectivity index (χ2n) is 3.25. The number of nitrogens with zero attached hydrogens (tertiary/aromatic N) is 1. The molecule has 2 aromatic heterocycles. The summed E-state index contributed by atoms with van der Waals surface area (Å²) in [7, 11) is 0. The van der Waals surface area contributed by atoms with E-state index in [1.54, 1.807) is 0 Å². The van der Waals surface area contributed by atoms with Gasteiger partial charge in [0.15, 0.2) is 0 Å². The molecule has 0 N–H and O–H groups in total. The fourth-order valence-corrected chi connectivity index (χ4v) is 2.12. The van der Waals surface area contributed by atoms with Crippen LogP contribution in [0.2, 0.25) is 0 Å². The van der Waals surface area contributed by atoms with Crippen molar-refractivity contribution in [2.24, 2.45) is 0 Å². The molecule has 0 saturated carbocycles. The van der Waals surface area contributed by atoms with E-state index >= 15 is 0 Å². The SMILES string of the molecule is O=Cc1ccnc(-c2ccc(C(F)(F)F)s2)c1. The van der Waals surface area contributed by atoms with Crippen LogP contribution in [-0.2, 0) is 6.18 Å². The molecule has 2 heterocycles. The largest absolute Gasteiger partial charge is 0.425 e. The molecule has 2 rings (SSSR count). The average Bonchev–Trinajstić information content (AvgIpc) is 2.78. The lowest BCUT2D eigenvalue weighted by Crippen LogP contribution is -2.00. The summed E-state index contributed by atoms with van der Waals surface area (Å²) in [5.41, 5.74) is 0.757. The van der Waals surface area contributed by atoms with E-state index in [1.165, 1.54) is 24.4 Å². The number of aldehydes is 1. The number of thiophene rings is 1. The molecule has 2 aromatic rings. The van der Waals surface area contributed by atoms with Crippen LogP contribution >= 0.6 is 11.3 Å². The molecule has 0 bridgehead atoms. The first kappa shape index (κ1) is 11.8. The minimum atomic E-state index is -4.34. The van der Waals surface area contributed by atoms with Crippen LogP contribution in [0.1, 0.15) is 15.2 Å². The molecule has 6 heteroatoms. The van der Waals surface area contributed by atoms with Crippen LogP contribution in [0.3, 0.4) is 0 Å². The fraction of sp³-hybridized carbons (Fsp3) is 0.0909. The molecule has 0 aromatic carbocycles. The quantitative estimate of drug-likeness (QED) is 0.769. The Bertz CT molecular complexity index is 548. The number of carbonyl (C=O) groups is 1. The van der Waals surface area contributed by atoms with E-state index in [4.69, 9.17) is 0 Å². The number of carbonyl (C=O) groups excluding carboxylic acids is 1. The molecular formula is C11H6F3NOS. The zero-order valence-corrected chi connectivity index (χ0v) is 9.18. The first-order valence-corrected chi connectivity index (χ1v) is 5.41. The van der Waals surface area contributed by atoms with Gasteiger partial charge >= 0.3 is 6.18 Å². The first-order valence-electron chi connectivity index (χ1n) is 4.59. The summed E-state index contributed by atoms with van der Waals surface area (Å²) in [5.74, 6) is 0. The summed E-state index contributed by atoms with van der Waals surface area (Å²) >= 11 is 0.609. The molecular weight excluding hydrogens is 251 g/mol. The van der Waals surface area contributed by atoms with Crippen molar-refractivity contribution in [3.05, 3.63) is 40.9 Å². The van der Waals surface area contributed by atoms with Gasteiger partial charge in [0.1, 0.15) is 11.2 Å². The molecule has 2 nitrogen and oxygen atoms in total. The highest BCUT2D eigenvalue weighted by molar-refractivity contribution is 7.15. The normalized spacial score (nSPS) is 11.5. The molecule has 0 unspecified atom stereocenters. The summed E-state index contributed by atoms with van der Waals surface area (Å²) in [5, 5.41) is 0. The van der Waals surface area contributed by atoms with Crippen molar-refractivity contribution < 1.29 is 18.0 Å². The molecule has 0 amide bonds. The lowest BCUT2D eigenvalue weighted by atomic mass is 10.2. The number of hydrogen-bond acceptors (Lipinski definition) is 3. The van der Waals surface area contributed by atoms with E-state index in [1.807, 2.05) is 0 Å². The Morgan fingerprint density at radius 2 is 2.00 bits per heavy atom. The van der Waals surface area contributed by atoms with E-state index in [0.29, 0.717) is 33.8 Å². The number of hydrogen-bond donors (Lipinski definition) is 0. The highest BCUT2D eigenvalue weighted by Gasteiger charge is 2.32. The Balaban J connectivity index is 2.40. The van der Waals surface area contributed by atoms with Crippen molar-refractivity contribution in [2.45, 2.75) is 6.18 Å². The van der Waals surface area contributed by atoms with Gasteiger partial charge in [-0.25, -0.2) is 0 Å². The second-order valence-corrected chi connectivity index (χ2v) is 4.34. The third-order valence-corrected chi connectivity index (χ3v) is 3.21. The van der Waals surface area contributed by atoms with Crippen molar-refractivity contribution >= 4 is 17.6 Å². The Morgan fingerprint density at radius 1 is 1.24 bits per heavy atom. The van der Waals surface area contributed by atoms with Gasteiger partial charge in [-0.3, -0.25) is 9.78 Å². The van der Waals surface area contributed by atoms with E-state index in [0.717, 1.165) is 6.07 Å². The molecule has 0 aliphatic rings. The molecule has 0 atom stereocenters. The molecule has 0 radical (unpaired) electrons. The molecule has 0 saturated heterocycles. The summed E-state index contributed by atoms with van der Waals surface area (Å²) in [6, 6.07) is 5.31. The van der Waals surface area contributed by atoms with Gasteiger partial charge in [0.2, 0.25) is 0 Å². The van der Waals surface area contributed by atoms with Gasteiger partial charge < -0.3 is 0 Å². The highest BCUT2D eigenvalue weighted by atomic mass is 32.1. The Hall–Kier alpha value is -1.69. The van der Waals surface area contributed by atoms with Crippen molar-refractivity contribution in [3.8, 4) is 10.6 Å². The van der Waals surface area contributed by atoms with E-state index in [-0.39, 0.29) is 0 Å². The van der Waals surface area contributed by atoms with Gasteiger partial charge in [-0.15, -0.1) is 11.3 Å². The third kappa shape index (κ3) is 2.52. The Morgan fingerprint density at radius 3 is 2.59 bits per heavy atom. The molecule has 0 fully saturated rings. The number of alkyl halides is 3. The van der Waals surface area contributed by atoms with Gasteiger partial charge in [0, 0.05) is 11.8 Å². The Kier molecular flexibility index (Phi) is 2.97. The van der Waals surface area contributed by atoms with E-state index in [9.17, 15) is 18.0 Å². The zero-order chi connectivity index (χ0) is 12.5. The van der Waals surface area contributed by atoms with Crippen LogP contribution in [0, 0.1) is 0 Å². The molecule has 88 valence electrons. The molecule has 17 heavy (non-hydrogen) atoms. The maximum absolute atomic E-state index is 12.4. The van der Waals surface area contributed by atoms with Gasteiger partial charge in [0.05, 0.1) is 10.6 Å². The second kappa shape index (κ2) is 4.29. The van der Waals surface area contributed by atoms with Crippen molar-refractivity contribution in [3.63, 3.8) is 0 Å². The zero-order valence-electron chi connectivity index (χ0n) is 8.36. The van der Waals surface area contributed by atoms with Crippen LogP contribution in [0.15, 0.2) is 30.5 Å². The van der Waals surface area contributed by atoms with Gasteiger partial charge in [-0.2, -0.15) is 13.2 Å². The molecule has 0 aliphatic heterocycles. The van der Waals surface area contributed by atoms with Gasteiger partial charge in [0.25, 0.3) is 0 Å². The lowest BCUT2D eigenvalue weighted by molar-refractivity contribution is -0.134. The van der Waals surface area contributed by atoms with Crippen molar-refractivity contribution in [1.29, 1.82) is 0 Å². The smallest absolute Gasteiger partial charge is 0.298 e. The van der Waals surface area contributed by atoms with E-state index in [2.05, 4.69) is 4.98 Å². The average molecular weight is 257 g/mol. The summed E-state index contributed by atoms with van der Waals surface area (Å²) in [6.45, 7) is 0. The van der Waals surface area contributed by atoms with Crippen LogP contribution in [0.4, 0.5) is 13.2 Å². The topological polar surface area (TPSA) is 30.0 Å². The summed E-state index contributed by atoms with van der Waals surface area (Å²) < 4.78 is 37.2. The highest BCUT2D eigenvalue weighted by Crippen LogP contribution is 2.37. The van der Waals surface area contributed by atoms with E-state index < -0.39 is 11.1 Å². The number of halogens is 3. The monoisotopic (exact) mass is 257 g/mol. The standard InChI is InChI=1S/C11H6F3NOS/c12-11(13,14)10-2-1-9(17-10)8-5-7(6-16)3-4-15-8/h1-6H. The van der Waals surface area contributed by atoms with Gasteiger partial charge in [-0.05, 0) is 24.3 Å². The number of pyridine rings is 1. The Labute approximate surface area is 98.7 Å². The predicted octanol–water partition coefficient (Wildman–Crippen LogP) is 3.64. The lowest BCUT2D eigenvalue weighted by Gasteiger charge is -2.01. The number of aromatic nitrogens is 1. The van der Waals surface area contributed by atoms with Crippen LogP contribution in [0.25, 0.3) is 10.6 Å². The van der Waals surface area contributed by atoms with Crippen molar-refractivity contribution in [1.82, 2.24) is 4.98 Å². The molecule has 0 spiro atoms. The minimum Gasteiger partial charge on any atom is -0.298 e. The molecule has 0 aliphatic carbocycles. The van der Waals surface area contributed by atoms with Crippen LogP contribution in [-0.4, -0.2) is 11.3 Å². The maximum Gasteiger partial charge on any atom is 0.425 e. The van der Waals surface area contributed by atoms with Crippen LogP contribution in [0.5, 0.6) is 0 Å². The van der Waals surface area contributed by atoms with Gasteiger partial charge in [-0.1, -0.05) is 0 Å². The summed E-state index contributed by atoms with van der Waals surface area (Å²) in [6.07, 6.45) is -2.32. The maximum atomic E-state index is 12.4. The minimum absolute atomic E-state index is 0.370. The van der Waals surface area contributed by atoms with Crippen LogP contribution < -0.4 is 0 Å². The third-order valence-electron chi connectivity index (χ3n) is 2.06. The number of rotatable bonds is 2. The predicted molar refractivity (Wildman–Crippen MR) is 57.9 cm³/mol. The van der Waals surface area contributed by atoms with Crippen molar-refractivity contribution in [2.75, 3.05) is 0 Å². The first-order chi connectivity index (χ1) is 8.00.